The van der Waals surface area contributed by atoms with Crippen LogP contribution in [0.1, 0.15) is 5.56 Å². The molecule has 0 radical (unpaired) electrons. The molecule has 4 rings (SSSR count). The third-order valence-corrected chi connectivity index (χ3v) is 5.40. The third kappa shape index (κ3) is 2.93. The first-order valence-corrected chi connectivity index (χ1v) is 9.02. The quantitative estimate of drug-likeness (QED) is 0.283. The minimum absolute atomic E-state index is 0.708. The van der Waals surface area contributed by atoms with Crippen LogP contribution >= 0.6 is 23.4 Å². The van der Waals surface area contributed by atoms with Gasteiger partial charge in [0.2, 0.25) is 0 Å². The number of hydrogen-bond acceptors (Lipinski definition) is 3. The second-order valence-electron chi connectivity index (χ2n) is 5.65. The molecule has 0 unspecified atom stereocenters. The molecule has 24 heavy (non-hydrogen) atoms. The Bertz CT molecular complexity index is 1030. The number of nitrogen functional groups attached to an aromatic ring is 1. The molecule has 0 atom stereocenters. The fraction of sp³-hybridized carbons (Fsp3) is 0.0500. The maximum atomic E-state index is 6.15. The number of halogens is 1. The largest absolute Gasteiger partial charge is 0.399 e. The molecule has 1 heterocycles. The summed E-state index contributed by atoms with van der Waals surface area (Å²) in [5.74, 6) is 0.881. The molecular formula is C20H15ClN2S. The standard InChI is InChI=1S/C20H15ClN2S/c21-14-7-10-17-19(11-14)23-18-4-2-1-3-16(18)20(17)24-12-13-5-8-15(22)9-6-13/h1-11H,12,22H2. The van der Waals surface area contributed by atoms with Crippen LogP contribution in [-0.4, -0.2) is 4.98 Å². The number of aromatic nitrogens is 1. The summed E-state index contributed by atoms with van der Waals surface area (Å²) in [7, 11) is 0. The first kappa shape index (κ1) is 15.3. The van der Waals surface area contributed by atoms with Crippen LogP contribution in [0.2, 0.25) is 5.02 Å². The molecule has 2 N–H and O–H groups in total. The highest BCUT2D eigenvalue weighted by Crippen LogP contribution is 2.36. The summed E-state index contributed by atoms with van der Waals surface area (Å²) in [6.45, 7) is 0. The summed E-state index contributed by atoms with van der Waals surface area (Å²) in [4.78, 5) is 5.99. The maximum Gasteiger partial charge on any atom is 0.0735 e. The van der Waals surface area contributed by atoms with Crippen molar-refractivity contribution in [3.63, 3.8) is 0 Å². The van der Waals surface area contributed by atoms with E-state index >= 15 is 0 Å². The zero-order valence-electron chi connectivity index (χ0n) is 12.9. The average molecular weight is 351 g/mol. The lowest BCUT2D eigenvalue weighted by Crippen LogP contribution is -1.89. The predicted molar refractivity (Wildman–Crippen MR) is 105 cm³/mol. The molecule has 0 aliphatic carbocycles. The van der Waals surface area contributed by atoms with E-state index in [-0.39, 0.29) is 0 Å². The monoisotopic (exact) mass is 350 g/mol. The molecule has 0 saturated heterocycles. The number of nitrogens with zero attached hydrogens (tertiary/aromatic N) is 1. The number of fused-ring (bicyclic) bond motifs is 2. The van der Waals surface area contributed by atoms with E-state index in [1.807, 2.05) is 48.2 Å². The number of para-hydroxylation sites is 1. The van der Waals surface area contributed by atoms with Gasteiger partial charge in [-0.3, -0.25) is 0 Å². The van der Waals surface area contributed by atoms with Crippen molar-refractivity contribution >= 4 is 50.9 Å². The van der Waals surface area contributed by atoms with E-state index < -0.39 is 0 Å². The summed E-state index contributed by atoms with van der Waals surface area (Å²) in [6, 6.07) is 22.2. The number of hydrogen-bond donors (Lipinski definition) is 1. The number of benzene rings is 3. The van der Waals surface area contributed by atoms with Crippen molar-refractivity contribution in [1.29, 1.82) is 0 Å². The van der Waals surface area contributed by atoms with E-state index in [9.17, 15) is 0 Å². The molecule has 0 amide bonds. The Balaban J connectivity index is 1.82. The van der Waals surface area contributed by atoms with Crippen LogP contribution < -0.4 is 5.73 Å². The number of rotatable bonds is 3. The lowest BCUT2D eigenvalue weighted by molar-refractivity contribution is 1.40. The third-order valence-electron chi connectivity index (χ3n) is 3.96. The Kier molecular flexibility index (Phi) is 4.05. The van der Waals surface area contributed by atoms with Gasteiger partial charge in [0.25, 0.3) is 0 Å². The molecule has 0 saturated carbocycles. The predicted octanol–water partition coefficient (Wildman–Crippen LogP) is 5.92. The Morgan fingerprint density at radius 3 is 2.46 bits per heavy atom. The van der Waals surface area contributed by atoms with Gasteiger partial charge in [-0.1, -0.05) is 48.0 Å². The van der Waals surface area contributed by atoms with Gasteiger partial charge in [-0.15, -0.1) is 11.8 Å². The Morgan fingerprint density at radius 2 is 1.62 bits per heavy atom. The summed E-state index contributed by atoms with van der Waals surface area (Å²) in [5, 5.41) is 3.02. The first-order valence-electron chi connectivity index (χ1n) is 7.66. The Labute approximate surface area is 149 Å². The van der Waals surface area contributed by atoms with Crippen LogP contribution in [0, 0.1) is 0 Å². The molecule has 0 spiro atoms. The highest BCUT2D eigenvalue weighted by Gasteiger charge is 2.10. The number of pyridine rings is 1. The second-order valence-corrected chi connectivity index (χ2v) is 7.07. The molecule has 3 aromatic carbocycles. The van der Waals surface area contributed by atoms with Crippen molar-refractivity contribution in [2.45, 2.75) is 10.6 Å². The van der Waals surface area contributed by atoms with Gasteiger partial charge < -0.3 is 5.73 Å². The van der Waals surface area contributed by atoms with Crippen LogP contribution in [0.15, 0.2) is 71.6 Å². The molecule has 118 valence electrons. The van der Waals surface area contributed by atoms with Crippen LogP contribution in [0.4, 0.5) is 5.69 Å². The van der Waals surface area contributed by atoms with Gasteiger partial charge in [0.05, 0.1) is 11.0 Å². The van der Waals surface area contributed by atoms with Crippen LogP contribution in [0.5, 0.6) is 0 Å². The van der Waals surface area contributed by atoms with Crippen molar-refractivity contribution in [1.82, 2.24) is 4.98 Å². The molecule has 0 aliphatic heterocycles. The molecular weight excluding hydrogens is 336 g/mol. The second kappa shape index (κ2) is 6.34. The van der Waals surface area contributed by atoms with Crippen molar-refractivity contribution in [2.75, 3.05) is 5.73 Å². The van der Waals surface area contributed by atoms with Crippen molar-refractivity contribution < 1.29 is 0 Å². The Hall–Kier alpha value is -2.23. The molecule has 2 nitrogen and oxygen atoms in total. The maximum absolute atomic E-state index is 6.15. The summed E-state index contributed by atoms with van der Waals surface area (Å²) in [6.07, 6.45) is 0. The van der Waals surface area contributed by atoms with E-state index in [4.69, 9.17) is 22.3 Å². The van der Waals surface area contributed by atoms with Gasteiger partial charge in [0, 0.05) is 32.1 Å². The molecule has 0 aliphatic rings. The number of nitrogens with two attached hydrogens (primary N) is 1. The van der Waals surface area contributed by atoms with Crippen LogP contribution in [0.25, 0.3) is 21.8 Å². The van der Waals surface area contributed by atoms with Gasteiger partial charge in [-0.2, -0.15) is 0 Å². The van der Waals surface area contributed by atoms with E-state index in [2.05, 4.69) is 30.3 Å². The normalized spacial score (nSPS) is 11.2. The minimum Gasteiger partial charge on any atom is -0.399 e. The number of thioether (sulfide) groups is 1. The van der Waals surface area contributed by atoms with Gasteiger partial charge in [0.1, 0.15) is 0 Å². The van der Waals surface area contributed by atoms with Gasteiger partial charge in [0.15, 0.2) is 0 Å². The van der Waals surface area contributed by atoms with Crippen molar-refractivity contribution in [3.8, 4) is 0 Å². The lowest BCUT2D eigenvalue weighted by atomic mass is 10.1. The fourth-order valence-electron chi connectivity index (χ4n) is 2.75. The topological polar surface area (TPSA) is 38.9 Å². The van der Waals surface area contributed by atoms with Crippen LogP contribution in [-0.2, 0) is 5.75 Å². The molecule has 4 aromatic rings. The Morgan fingerprint density at radius 1 is 0.875 bits per heavy atom. The van der Waals surface area contributed by atoms with Crippen LogP contribution in [0.3, 0.4) is 0 Å². The molecule has 0 bridgehead atoms. The minimum atomic E-state index is 0.708. The van der Waals surface area contributed by atoms with Gasteiger partial charge >= 0.3 is 0 Å². The summed E-state index contributed by atoms with van der Waals surface area (Å²) in [5.41, 5.74) is 9.73. The fourth-order valence-corrected chi connectivity index (χ4v) is 4.08. The SMILES string of the molecule is Nc1ccc(CSc2c3ccccc3nc3cc(Cl)ccc23)cc1. The zero-order valence-corrected chi connectivity index (χ0v) is 14.4. The van der Waals surface area contributed by atoms with E-state index in [1.54, 1.807) is 0 Å². The smallest absolute Gasteiger partial charge is 0.0735 e. The summed E-state index contributed by atoms with van der Waals surface area (Å²) >= 11 is 7.97. The highest BCUT2D eigenvalue weighted by atomic mass is 35.5. The first-order chi connectivity index (χ1) is 11.7. The average Bonchev–Trinajstić information content (AvgIpc) is 2.60. The molecule has 1 aromatic heterocycles. The number of anilines is 1. The van der Waals surface area contributed by atoms with Crippen molar-refractivity contribution in [3.05, 3.63) is 77.3 Å². The molecule has 4 heteroatoms. The zero-order chi connectivity index (χ0) is 16.5. The highest BCUT2D eigenvalue weighted by molar-refractivity contribution is 7.99. The van der Waals surface area contributed by atoms with E-state index in [0.29, 0.717) is 5.02 Å². The van der Waals surface area contributed by atoms with E-state index in [1.165, 1.54) is 15.8 Å². The lowest BCUT2D eigenvalue weighted by Gasteiger charge is -2.11. The van der Waals surface area contributed by atoms with Crippen molar-refractivity contribution in [2.24, 2.45) is 0 Å². The van der Waals surface area contributed by atoms with Gasteiger partial charge in [-0.05, 0) is 35.9 Å². The summed E-state index contributed by atoms with van der Waals surface area (Å²) < 4.78 is 0. The van der Waals surface area contributed by atoms with Gasteiger partial charge in [-0.25, -0.2) is 4.98 Å². The van der Waals surface area contributed by atoms with E-state index in [0.717, 1.165) is 27.9 Å². The molecule has 0 fully saturated rings.